The van der Waals surface area contributed by atoms with Crippen molar-refractivity contribution in [2.24, 2.45) is 0 Å². The van der Waals surface area contributed by atoms with Crippen LogP contribution < -0.4 is 0 Å². The van der Waals surface area contributed by atoms with Gasteiger partial charge in [0, 0.05) is 27.1 Å². The van der Waals surface area contributed by atoms with Gasteiger partial charge in [0.15, 0.2) is 0 Å². The zero-order chi connectivity index (χ0) is 11.7. The lowest BCUT2D eigenvalue weighted by Gasteiger charge is -2.18. The van der Waals surface area contributed by atoms with Gasteiger partial charge in [-0.3, -0.25) is 0 Å². The summed E-state index contributed by atoms with van der Waals surface area (Å²) in [5.41, 5.74) is 0.949. The molecule has 0 aliphatic heterocycles. The van der Waals surface area contributed by atoms with Gasteiger partial charge < -0.3 is 5.11 Å². The van der Waals surface area contributed by atoms with Gasteiger partial charge in [0.2, 0.25) is 0 Å². The van der Waals surface area contributed by atoms with E-state index in [1.165, 1.54) is 6.07 Å². The second kappa shape index (κ2) is 4.60. The minimum absolute atomic E-state index is 0.00241. The number of aromatic hydroxyl groups is 1. The molecule has 4 heteroatoms. The molecule has 0 amide bonds. The SMILES string of the molecule is Oc1cc(Cl)ccc1C1=C(Br)C=CCC1F. The van der Waals surface area contributed by atoms with Gasteiger partial charge in [-0.1, -0.05) is 39.7 Å². The predicted octanol–water partition coefficient (Wildman–Crippen LogP) is 4.45. The maximum absolute atomic E-state index is 13.8. The summed E-state index contributed by atoms with van der Waals surface area (Å²) >= 11 is 9.03. The Balaban J connectivity index is 2.54. The van der Waals surface area contributed by atoms with E-state index >= 15 is 0 Å². The molecule has 1 aromatic rings. The van der Waals surface area contributed by atoms with Gasteiger partial charge >= 0.3 is 0 Å². The minimum atomic E-state index is -1.11. The molecule has 0 saturated heterocycles. The summed E-state index contributed by atoms with van der Waals surface area (Å²) in [6.07, 6.45) is 2.77. The zero-order valence-electron chi connectivity index (χ0n) is 8.25. The molecule has 0 saturated carbocycles. The smallest absolute Gasteiger partial charge is 0.130 e. The summed E-state index contributed by atoms with van der Waals surface area (Å²) in [6.45, 7) is 0. The Morgan fingerprint density at radius 1 is 1.44 bits per heavy atom. The van der Waals surface area contributed by atoms with Crippen molar-refractivity contribution in [2.75, 3.05) is 0 Å². The van der Waals surface area contributed by atoms with Crippen molar-refractivity contribution in [1.82, 2.24) is 0 Å². The topological polar surface area (TPSA) is 20.2 Å². The number of hydrogen-bond donors (Lipinski definition) is 1. The van der Waals surface area contributed by atoms with E-state index in [1.54, 1.807) is 24.3 Å². The number of rotatable bonds is 1. The predicted molar refractivity (Wildman–Crippen MR) is 67.6 cm³/mol. The number of alkyl halides is 1. The summed E-state index contributed by atoms with van der Waals surface area (Å²) in [5.74, 6) is -0.00241. The van der Waals surface area contributed by atoms with Gasteiger partial charge in [-0.25, -0.2) is 4.39 Å². The third kappa shape index (κ3) is 2.15. The molecule has 1 unspecified atom stereocenters. The highest BCUT2D eigenvalue weighted by atomic mass is 79.9. The van der Waals surface area contributed by atoms with Crippen molar-refractivity contribution in [3.8, 4) is 5.75 Å². The van der Waals surface area contributed by atoms with Crippen LogP contribution in [0.5, 0.6) is 5.75 Å². The molecule has 1 aliphatic carbocycles. The van der Waals surface area contributed by atoms with E-state index in [0.29, 0.717) is 27.1 Å². The largest absolute Gasteiger partial charge is 0.507 e. The Hall–Kier alpha value is -0.800. The van der Waals surface area contributed by atoms with E-state index in [1.807, 2.05) is 0 Å². The van der Waals surface area contributed by atoms with Gasteiger partial charge in [0.25, 0.3) is 0 Å². The molecule has 2 rings (SSSR count). The van der Waals surface area contributed by atoms with Crippen LogP contribution >= 0.6 is 27.5 Å². The van der Waals surface area contributed by atoms with Crippen LogP contribution in [0.25, 0.3) is 5.57 Å². The molecule has 1 aromatic carbocycles. The lowest BCUT2D eigenvalue weighted by Crippen LogP contribution is -2.07. The fourth-order valence-corrected chi connectivity index (χ4v) is 2.49. The molecule has 1 atom stereocenters. The standard InChI is InChI=1S/C12H9BrClFO/c13-9-2-1-3-10(15)12(9)8-5-4-7(14)6-11(8)16/h1-2,4-6,10,16H,3H2. The third-order valence-corrected chi connectivity index (χ3v) is 3.35. The van der Waals surface area contributed by atoms with Crippen molar-refractivity contribution < 1.29 is 9.50 Å². The van der Waals surface area contributed by atoms with Gasteiger partial charge in [-0.15, -0.1) is 0 Å². The molecule has 1 aliphatic rings. The Morgan fingerprint density at radius 3 is 2.81 bits per heavy atom. The second-order valence-corrected chi connectivity index (χ2v) is 4.82. The molecule has 0 heterocycles. The molecule has 0 radical (unpaired) electrons. The molecule has 0 fully saturated rings. The van der Waals surface area contributed by atoms with E-state index in [4.69, 9.17) is 11.6 Å². The number of phenolic OH excluding ortho intramolecular Hbond substituents is 1. The summed E-state index contributed by atoms with van der Waals surface area (Å²) in [6, 6.07) is 4.67. The second-order valence-electron chi connectivity index (χ2n) is 3.53. The van der Waals surface area contributed by atoms with E-state index in [-0.39, 0.29) is 5.75 Å². The zero-order valence-corrected chi connectivity index (χ0v) is 10.6. The number of phenols is 1. The number of halogens is 3. The number of hydrogen-bond acceptors (Lipinski definition) is 1. The van der Waals surface area contributed by atoms with Crippen molar-refractivity contribution in [3.63, 3.8) is 0 Å². The van der Waals surface area contributed by atoms with Gasteiger partial charge in [0.05, 0.1) is 0 Å². The highest BCUT2D eigenvalue weighted by Gasteiger charge is 2.22. The molecule has 0 bridgehead atoms. The van der Waals surface area contributed by atoms with Crippen LogP contribution in [0.15, 0.2) is 34.8 Å². The van der Waals surface area contributed by atoms with Crippen LogP contribution in [0.2, 0.25) is 5.02 Å². The molecule has 84 valence electrons. The third-order valence-electron chi connectivity index (χ3n) is 2.43. The molecule has 0 aromatic heterocycles. The first-order valence-electron chi connectivity index (χ1n) is 4.79. The summed E-state index contributed by atoms with van der Waals surface area (Å²) in [4.78, 5) is 0. The quantitative estimate of drug-likeness (QED) is 0.812. The first-order chi connectivity index (χ1) is 7.59. The molecular weight excluding hydrogens is 294 g/mol. The Bertz CT molecular complexity index is 482. The molecule has 1 nitrogen and oxygen atoms in total. The lowest BCUT2D eigenvalue weighted by atomic mass is 9.95. The maximum atomic E-state index is 13.8. The Morgan fingerprint density at radius 2 is 2.19 bits per heavy atom. The molecule has 1 N–H and O–H groups in total. The maximum Gasteiger partial charge on any atom is 0.130 e. The average molecular weight is 304 g/mol. The van der Waals surface area contributed by atoms with Crippen LogP contribution in [0.3, 0.4) is 0 Å². The van der Waals surface area contributed by atoms with E-state index in [9.17, 15) is 9.50 Å². The number of benzene rings is 1. The molecule has 16 heavy (non-hydrogen) atoms. The number of allylic oxidation sites excluding steroid dienone is 4. The van der Waals surface area contributed by atoms with Crippen molar-refractivity contribution >= 4 is 33.1 Å². The highest BCUT2D eigenvalue weighted by molar-refractivity contribution is 9.12. The van der Waals surface area contributed by atoms with Crippen LogP contribution in [-0.4, -0.2) is 11.3 Å². The van der Waals surface area contributed by atoms with Crippen LogP contribution in [-0.2, 0) is 0 Å². The minimum Gasteiger partial charge on any atom is -0.507 e. The van der Waals surface area contributed by atoms with Crippen molar-refractivity contribution in [3.05, 3.63) is 45.4 Å². The van der Waals surface area contributed by atoms with Gasteiger partial charge in [-0.2, -0.15) is 0 Å². The Kier molecular flexibility index (Phi) is 3.36. The van der Waals surface area contributed by atoms with Crippen molar-refractivity contribution in [1.29, 1.82) is 0 Å². The van der Waals surface area contributed by atoms with E-state index in [0.717, 1.165) is 0 Å². The summed E-state index contributed by atoms with van der Waals surface area (Å²) in [5, 5.41) is 10.2. The first-order valence-corrected chi connectivity index (χ1v) is 5.96. The average Bonchev–Trinajstić information content (AvgIpc) is 2.20. The highest BCUT2D eigenvalue weighted by Crippen LogP contribution is 2.38. The van der Waals surface area contributed by atoms with E-state index < -0.39 is 6.17 Å². The Labute approximate surface area is 106 Å². The van der Waals surface area contributed by atoms with Gasteiger partial charge in [-0.05, 0) is 18.2 Å². The van der Waals surface area contributed by atoms with Crippen LogP contribution in [0.4, 0.5) is 4.39 Å². The fraction of sp³-hybridized carbons (Fsp3) is 0.167. The van der Waals surface area contributed by atoms with Crippen LogP contribution in [0, 0.1) is 0 Å². The van der Waals surface area contributed by atoms with Gasteiger partial charge in [0.1, 0.15) is 11.9 Å². The lowest BCUT2D eigenvalue weighted by molar-refractivity contribution is 0.410. The summed E-state index contributed by atoms with van der Waals surface area (Å²) < 4.78 is 14.4. The summed E-state index contributed by atoms with van der Waals surface area (Å²) in [7, 11) is 0. The van der Waals surface area contributed by atoms with Crippen molar-refractivity contribution in [2.45, 2.75) is 12.6 Å². The molecule has 0 spiro atoms. The van der Waals surface area contributed by atoms with E-state index in [2.05, 4.69) is 15.9 Å². The van der Waals surface area contributed by atoms with Crippen LogP contribution in [0.1, 0.15) is 12.0 Å². The first kappa shape index (κ1) is 11.7. The normalized spacial score (nSPS) is 20.3. The monoisotopic (exact) mass is 302 g/mol. The molecular formula is C12H9BrClFO. The fourth-order valence-electron chi connectivity index (χ4n) is 1.68.